The number of nitrogens with zero attached hydrogens (tertiary/aromatic N) is 1. The van der Waals surface area contributed by atoms with E-state index in [1.54, 1.807) is 21.1 Å². The van der Waals surface area contributed by atoms with Crippen LogP contribution in [0.15, 0.2) is 48.6 Å². The fourth-order valence-corrected chi connectivity index (χ4v) is 7.53. The third-order valence-electron chi connectivity index (χ3n) is 11.5. The number of hydrogen-bond acceptors (Lipinski definition) is 7. The van der Waals surface area contributed by atoms with Gasteiger partial charge >= 0.3 is 11.9 Å². The second-order valence-corrected chi connectivity index (χ2v) is 18.4. The molecule has 0 saturated heterocycles. The first-order valence-corrected chi connectivity index (χ1v) is 25.7. The first-order valence-electron chi connectivity index (χ1n) is 25.7. The Bertz CT molecular complexity index is 1150. The molecule has 0 fully saturated rings. The van der Waals surface area contributed by atoms with Gasteiger partial charge in [-0.1, -0.05) is 204 Å². The Labute approximate surface area is 382 Å². The Kier molecular flexibility index (Phi) is 42.9. The summed E-state index contributed by atoms with van der Waals surface area (Å²) in [6.07, 6.45) is 54.2. The van der Waals surface area contributed by atoms with Crippen molar-refractivity contribution in [1.82, 2.24) is 0 Å². The van der Waals surface area contributed by atoms with E-state index in [0.29, 0.717) is 12.8 Å². The van der Waals surface area contributed by atoms with Crippen LogP contribution in [-0.4, -0.2) is 75.5 Å². The van der Waals surface area contributed by atoms with E-state index in [2.05, 4.69) is 62.5 Å². The van der Waals surface area contributed by atoms with E-state index in [4.69, 9.17) is 14.2 Å². The molecule has 360 valence electrons. The molecule has 0 amide bonds. The van der Waals surface area contributed by atoms with Crippen molar-refractivity contribution in [1.29, 1.82) is 0 Å². The first-order chi connectivity index (χ1) is 30.1. The summed E-state index contributed by atoms with van der Waals surface area (Å²) in [6.45, 7) is 4.57. The molecule has 62 heavy (non-hydrogen) atoms. The van der Waals surface area contributed by atoms with E-state index >= 15 is 0 Å². The average molecular weight is 872 g/mol. The maximum atomic E-state index is 12.8. The predicted molar refractivity (Wildman–Crippen MR) is 259 cm³/mol. The van der Waals surface area contributed by atoms with E-state index in [1.165, 1.54) is 122 Å². The number of esters is 2. The molecule has 0 saturated carbocycles. The van der Waals surface area contributed by atoms with Gasteiger partial charge in [-0.2, -0.15) is 0 Å². The zero-order chi connectivity index (χ0) is 45.6. The third-order valence-corrected chi connectivity index (χ3v) is 11.5. The number of aliphatic carboxylic acids is 1. The first kappa shape index (κ1) is 59.3. The maximum Gasteiger partial charge on any atom is 0.306 e. The van der Waals surface area contributed by atoms with Crippen LogP contribution in [0.25, 0.3) is 0 Å². The van der Waals surface area contributed by atoms with Crippen molar-refractivity contribution < 1.29 is 38.2 Å². The number of carboxylic acid groups (broad SMARTS) is 1. The van der Waals surface area contributed by atoms with Crippen LogP contribution in [0.5, 0.6) is 0 Å². The highest BCUT2D eigenvalue weighted by atomic mass is 16.6. The lowest BCUT2D eigenvalue weighted by Gasteiger charge is -2.34. The Morgan fingerprint density at radius 1 is 0.500 bits per heavy atom. The van der Waals surface area contributed by atoms with Gasteiger partial charge in [-0.05, 0) is 51.4 Å². The number of quaternary nitrogens is 1. The molecule has 0 aliphatic carbocycles. The minimum Gasteiger partial charge on any atom is -0.544 e. The molecule has 2 unspecified atom stereocenters. The Morgan fingerprint density at radius 3 is 1.34 bits per heavy atom. The number of rotatable bonds is 46. The predicted octanol–water partition coefficient (Wildman–Crippen LogP) is 13.4. The fraction of sp³-hybridized carbons (Fsp3) is 0.796. The highest BCUT2D eigenvalue weighted by Crippen LogP contribution is 2.16. The zero-order valence-corrected chi connectivity index (χ0v) is 41.0. The van der Waals surface area contributed by atoms with Gasteiger partial charge in [0.05, 0.1) is 40.3 Å². The van der Waals surface area contributed by atoms with Crippen LogP contribution in [0.3, 0.4) is 0 Å². The molecule has 0 bridgehead atoms. The Morgan fingerprint density at radius 2 is 0.903 bits per heavy atom. The molecule has 0 aromatic carbocycles. The van der Waals surface area contributed by atoms with Gasteiger partial charge in [-0.25, -0.2) is 0 Å². The summed E-state index contributed by atoms with van der Waals surface area (Å²) in [6, 6.07) is -0.727. The van der Waals surface area contributed by atoms with Gasteiger partial charge in [-0.3, -0.25) is 9.59 Å². The van der Waals surface area contributed by atoms with Crippen LogP contribution < -0.4 is 5.11 Å². The number of carboxylic acids is 1. The number of hydrogen-bond donors (Lipinski definition) is 0. The van der Waals surface area contributed by atoms with Crippen molar-refractivity contribution in [2.45, 2.75) is 238 Å². The van der Waals surface area contributed by atoms with Gasteiger partial charge in [0.1, 0.15) is 12.6 Å². The summed E-state index contributed by atoms with van der Waals surface area (Å²) in [4.78, 5) is 37.0. The molecule has 0 aromatic rings. The summed E-state index contributed by atoms with van der Waals surface area (Å²) in [7, 11) is 5.42. The van der Waals surface area contributed by atoms with E-state index < -0.39 is 18.1 Å². The summed E-state index contributed by atoms with van der Waals surface area (Å²) in [5.74, 6) is -1.73. The van der Waals surface area contributed by atoms with Crippen LogP contribution in [0.4, 0.5) is 0 Å². The van der Waals surface area contributed by atoms with Gasteiger partial charge < -0.3 is 28.6 Å². The fourth-order valence-electron chi connectivity index (χ4n) is 7.53. The topological polar surface area (TPSA) is 102 Å². The Balaban J connectivity index is 4.24. The zero-order valence-electron chi connectivity index (χ0n) is 41.0. The molecular formula is C54H97NO7. The SMILES string of the molecule is CC/C=C/C/C=C/C/C=C/C/C=C/CCCCCCCCCCCC(=O)OC(COCCC(C(=O)[O-])[N+](C)(C)C)COC(=O)CCCCCCCCCCCCCCCCCC. The quantitative estimate of drug-likeness (QED) is 0.0260. The van der Waals surface area contributed by atoms with Crippen LogP contribution in [0.1, 0.15) is 226 Å². The highest BCUT2D eigenvalue weighted by molar-refractivity contribution is 5.70. The lowest BCUT2D eigenvalue weighted by atomic mass is 10.0. The van der Waals surface area contributed by atoms with Crippen molar-refractivity contribution in [3.8, 4) is 0 Å². The number of carbonyl (C=O) groups excluding carboxylic acids is 3. The molecule has 0 N–H and O–H groups in total. The number of ether oxygens (including phenoxy) is 3. The van der Waals surface area contributed by atoms with Gasteiger partial charge in [-0.15, -0.1) is 0 Å². The van der Waals surface area contributed by atoms with E-state index in [-0.39, 0.29) is 42.7 Å². The normalized spacial score (nSPS) is 13.2. The molecule has 0 aliphatic rings. The monoisotopic (exact) mass is 872 g/mol. The van der Waals surface area contributed by atoms with Crippen molar-refractivity contribution in [3.05, 3.63) is 48.6 Å². The van der Waals surface area contributed by atoms with Gasteiger partial charge in [0.25, 0.3) is 0 Å². The van der Waals surface area contributed by atoms with Gasteiger partial charge in [0.2, 0.25) is 0 Å². The van der Waals surface area contributed by atoms with Crippen LogP contribution in [-0.2, 0) is 28.6 Å². The summed E-state index contributed by atoms with van der Waals surface area (Å²) < 4.78 is 17.2. The minimum absolute atomic E-state index is 0.0401. The molecular weight excluding hydrogens is 775 g/mol. The summed E-state index contributed by atoms with van der Waals surface area (Å²) in [5.41, 5.74) is 0. The Hall–Kier alpha value is -2.71. The van der Waals surface area contributed by atoms with Crippen LogP contribution >= 0.6 is 0 Å². The third kappa shape index (κ3) is 42.6. The van der Waals surface area contributed by atoms with Crippen molar-refractivity contribution in [3.63, 3.8) is 0 Å². The molecule has 0 heterocycles. The number of unbranched alkanes of at least 4 members (excludes halogenated alkanes) is 24. The summed E-state index contributed by atoms with van der Waals surface area (Å²) >= 11 is 0. The number of allylic oxidation sites excluding steroid dienone is 8. The molecule has 0 aliphatic heterocycles. The standard InChI is InChI=1S/C54H97NO7/c1-6-8-10-12-14-16-18-20-22-24-25-26-27-28-29-31-33-35-37-39-41-43-45-53(57)62-50(48-60-47-46-51(54(58)59)55(3,4)5)49-61-52(56)44-42-40-38-36-34-32-30-23-21-19-17-15-13-11-9-7-2/h8,10,14,16,20,22,25-26,50-51H,6-7,9,11-13,15,17-19,21,23-24,27-49H2,1-5H3/b10-8+,16-14+,22-20+,26-25+. The van der Waals surface area contributed by atoms with Crippen LogP contribution in [0.2, 0.25) is 0 Å². The molecule has 0 spiro atoms. The molecule has 0 radical (unpaired) electrons. The molecule has 2 atom stereocenters. The maximum absolute atomic E-state index is 12.8. The van der Waals surface area contributed by atoms with E-state index in [1.807, 2.05) is 0 Å². The largest absolute Gasteiger partial charge is 0.544 e. The average Bonchev–Trinajstić information content (AvgIpc) is 3.23. The van der Waals surface area contributed by atoms with E-state index in [0.717, 1.165) is 70.6 Å². The summed E-state index contributed by atoms with van der Waals surface area (Å²) in [5, 5.41) is 11.7. The van der Waals surface area contributed by atoms with Crippen molar-refractivity contribution >= 4 is 17.9 Å². The highest BCUT2D eigenvalue weighted by Gasteiger charge is 2.25. The smallest absolute Gasteiger partial charge is 0.306 e. The lowest BCUT2D eigenvalue weighted by Crippen LogP contribution is -2.55. The molecule has 8 heteroatoms. The van der Waals surface area contributed by atoms with Crippen molar-refractivity contribution in [2.24, 2.45) is 0 Å². The molecule has 0 aromatic heterocycles. The second kappa shape index (κ2) is 44.9. The minimum atomic E-state index is -1.12. The van der Waals surface area contributed by atoms with Gasteiger partial charge in [0, 0.05) is 19.3 Å². The number of likely N-dealkylation sites (N-methyl/N-ethyl adjacent to an activating group) is 1. The lowest BCUT2D eigenvalue weighted by molar-refractivity contribution is -0.889. The van der Waals surface area contributed by atoms with Gasteiger partial charge in [0.15, 0.2) is 6.10 Å². The number of carbonyl (C=O) groups is 3. The van der Waals surface area contributed by atoms with Crippen molar-refractivity contribution in [2.75, 3.05) is 41.0 Å². The van der Waals surface area contributed by atoms with E-state index in [9.17, 15) is 19.5 Å². The molecule has 8 nitrogen and oxygen atoms in total. The second-order valence-electron chi connectivity index (χ2n) is 18.4. The van der Waals surface area contributed by atoms with Crippen LogP contribution in [0, 0.1) is 0 Å². The molecule has 0 rings (SSSR count).